The third-order valence-corrected chi connectivity index (χ3v) is 5.56. The molecule has 0 spiro atoms. The van der Waals surface area contributed by atoms with E-state index < -0.39 is 5.41 Å². The third kappa shape index (κ3) is 4.62. The molecule has 7 heteroatoms. The molecule has 158 valence electrons. The van der Waals surface area contributed by atoms with Gasteiger partial charge >= 0.3 is 0 Å². The molecule has 7 nitrogen and oxygen atoms in total. The predicted molar refractivity (Wildman–Crippen MR) is 117 cm³/mol. The number of nitrogens with zero attached hydrogens (tertiary/aromatic N) is 5. The fourth-order valence-electron chi connectivity index (χ4n) is 3.75. The van der Waals surface area contributed by atoms with Crippen LogP contribution in [-0.2, 0) is 11.3 Å². The Kier molecular flexibility index (Phi) is 5.72. The van der Waals surface area contributed by atoms with Crippen LogP contribution in [0.15, 0.2) is 55.0 Å². The zero-order chi connectivity index (χ0) is 21.1. The van der Waals surface area contributed by atoms with Crippen LogP contribution in [0.2, 0.25) is 0 Å². The van der Waals surface area contributed by atoms with Crippen LogP contribution in [0.5, 0.6) is 0 Å². The summed E-state index contributed by atoms with van der Waals surface area (Å²) >= 11 is 0. The molecule has 0 radical (unpaired) electrons. The van der Waals surface area contributed by atoms with Gasteiger partial charge in [-0.25, -0.2) is 9.36 Å². The summed E-state index contributed by atoms with van der Waals surface area (Å²) < 4.78 is 3.91. The number of benzene rings is 1. The quantitative estimate of drug-likeness (QED) is 0.698. The molecular formula is C23H30N6O. The molecule has 1 amide bonds. The Bertz CT molecular complexity index is 977. The molecule has 0 bridgehead atoms. The van der Waals surface area contributed by atoms with E-state index in [0.717, 1.165) is 44.0 Å². The summed E-state index contributed by atoms with van der Waals surface area (Å²) in [5.41, 5.74) is 1.86. The molecule has 2 aromatic heterocycles. The van der Waals surface area contributed by atoms with Crippen LogP contribution in [0.25, 0.3) is 5.69 Å². The second-order valence-corrected chi connectivity index (χ2v) is 9.00. The van der Waals surface area contributed by atoms with E-state index in [1.807, 2.05) is 60.6 Å². The smallest absolute Gasteiger partial charge is 0.230 e. The number of carbonyl (C=O) groups excluding carboxylic acids is 1. The molecule has 1 saturated heterocycles. The van der Waals surface area contributed by atoms with E-state index >= 15 is 0 Å². The Hall–Kier alpha value is -2.93. The highest BCUT2D eigenvalue weighted by Gasteiger charge is 2.26. The second kappa shape index (κ2) is 8.44. The van der Waals surface area contributed by atoms with Crippen molar-refractivity contribution < 1.29 is 4.79 Å². The number of hydrogen-bond donors (Lipinski definition) is 1. The molecule has 3 aromatic rings. The van der Waals surface area contributed by atoms with Crippen molar-refractivity contribution in [2.24, 2.45) is 5.41 Å². The number of aromatic nitrogens is 4. The molecule has 0 saturated carbocycles. The Morgan fingerprint density at radius 3 is 2.53 bits per heavy atom. The van der Waals surface area contributed by atoms with E-state index in [1.165, 1.54) is 5.56 Å². The first kappa shape index (κ1) is 20.3. The maximum absolute atomic E-state index is 12.4. The van der Waals surface area contributed by atoms with Gasteiger partial charge in [0.1, 0.15) is 5.82 Å². The number of amides is 1. The minimum atomic E-state index is -0.428. The summed E-state index contributed by atoms with van der Waals surface area (Å²) in [6.07, 6.45) is 7.84. The van der Waals surface area contributed by atoms with Crippen molar-refractivity contribution in [2.75, 3.05) is 18.4 Å². The largest absolute Gasteiger partial charge is 0.310 e. The minimum Gasteiger partial charge on any atom is -0.310 e. The van der Waals surface area contributed by atoms with E-state index in [9.17, 15) is 4.79 Å². The first-order valence-electron chi connectivity index (χ1n) is 10.6. The van der Waals surface area contributed by atoms with Gasteiger partial charge in [-0.15, -0.1) is 0 Å². The van der Waals surface area contributed by atoms with Gasteiger partial charge < -0.3 is 5.32 Å². The molecule has 1 fully saturated rings. The lowest BCUT2D eigenvalue weighted by Crippen LogP contribution is -2.35. The Labute approximate surface area is 177 Å². The monoisotopic (exact) mass is 406 g/mol. The van der Waals surface area contributed by atoms with Crippen LogP contribution in [0.3, 0.4) is 0 Å². The topological polar surface area (TPSA) is 68.0 Å². The van der Waals surface area contributed by atoms with E-state index in [1.54, 1.807) is 6.20 Å². The number of para-hydroxylation sites is 1. The zero-order valence-electron chi connectivity index (χ0n) is 18.0. The number of piperidine rings is 1. The molecule has 0 unspecified atom stereocenters. The number of hydrogen-bond acceptors (Lipinski definition) is 4. The summed E-state index contributed by atoms with van der Waals surface area (Å²) in [7, 11) is 0. The lowest BCUT2D eigenvalue weighted by Gasteiger charge is -2.32. The number of likely N-dealkylation sites (tertiary alicyclic amines) is 1. The van der Waals surface area contributed by atoms with E-state index in [2.05, 4.69) is 38.7 Å². The lowest BCUT2D eigenvalue weighted by molar-refractivity contribution is -0.123. The van der Waals surface area contributed by atoms with Crippen molar-refractivity contribution in [2.45, 2.75) is 46.2 Å². The summed E-state index contributed by atoms with van der Waals surface area (Å²) in [5, 5.41) is 12.0. The lowest BCUT2D eigenvalue weighted by atomic mass is 9.96. The first-order chi connectivity index (χ1) is 14.4. The van der Waals surface area contributed by atoms with Gasteiger partial charge in [0.25, 0.3) is 0 Å². The van der Waals surface area contributed by atoms with Crippen molar-refractivity contribution in [3.05, 3.63) is 60.6 Å². The summed E-state index contributed by atoms with van der Waals surface area (Å²) in [5.74, 6) is 0.801. The molecule has 30 heavy (non-hydrogen) atoms. The normalized spacial score (nSPS) is 16.0. The molecule has 3 heterocycles. The summed E-state index contributed by atoms with van der Waals surface area (Å²) in [4.78, 5) is 14.8. The average Bonchev–Trinajstić information content (AvgIpc) is 3.38. The van der Waals surface area contributed by atoms with Crippen LogP contribution in [0, 0.1) is 5.41 Å². The highest BCUT2D eigenvalue weighted by Crippen LogP contribution is 2.27. The minimum absolute atomic E-state index is 0.0112. The number of anilines is 1. The number of nitrogens with one attached hydrogen (secondary N) is 1. The van der Waals surface area contributed by atoms with Crippen LogP contribution >= 0.6 is 0 Å². The third-order valence-electron chi connectivity index (χ3n) is 5.56. The van der Waals surface area contributed by atoms with Crippen molar-refractivity contribution in [3.8, 4) is 5.69 Å². The van der Waals surface area contributed by atoms with Gasteiger partial charge in [0, 0.05) is 42.9 Å². The van der Waals surface area contributed by atoms with Gasteiger partial charge in [0.2, 0.25) is 5.91 Å². The van der Waals surface area contributed by atoms with Crippen molar-refractivity contribution >= 4 is 11.7 Å². The van der Waals surface area contributed by atoms with Crippen LogP contribution < -0.4 is 5.32 Å². The molecular weight excluding hydrogens is 376 g/mol. The van der Waals surface area contributed by atoms with Crippen LogP contribution in [0.1, 0.15) is 45.2 Å². The van der Waals surface area contributed by atoms with Gasteiger partial charge in [0.05, 0.1) is 24.1 Å². The molecule has 0 aliphatic carbocycles. The number of carbonyl (C=O) groups is 1. The fourth-order valence-corrected chi connectivity index (χ4v) is 3.75. The Balaban J connectivity index is 1.34. The SMILES string of the molecule is CC(C)(C)C(=O)Nc1ccnn1C1CCN(Cc2cnn(-c3ccccc3)c2)CC1. The predicted octanol–water partition coefficient (Wildman–Crippen LogP) is 3.89. The van der Waals surface area contributed by atoms with Crippen molar-refractivity contribution in [3.63, 3.8) is 0 Å². The Morgan fingerprint density at radius 1 is 1.10 bits per heavy atom. The molecule has 1 N–H and O–H groups in total. The van der Waals surface area contributed by atoms with E-state index in [0.29, 0.717) is 6.04 Å². The highest BCUT2D eigenvalue weighted by atomic mass is 16.2. The average molecular weight is 407 g/mol. The van der Waals surface area contributed by atoms with Gasteiger partial charge in [-0.2, -0.15) is 10.2 Å². The van der Waals surface area contributed by atoms with Gasteiger partial charge in [0.15, 0.2) is 0 Å². The van der Waals surface area contributed by atoms with Gasteiger partial charge in [-0.05, 0) is 25.0 Å². The maximum Gasteiger partial charge on any atom is 0.230 e. The summed E-state index contributed by atoms with van der Waals surface area (Å²) in [6, 6.07) is 12.4. The first-order valence-corrected chi connectivity index (χ1v) is 10.6. The zero-order valence-corrected chi connectivity index (χ0v) is 18.0. The highest BCUT2D eigenvalue weighted by molar-refractivity contribution is 5.93. The molecule has 1 aliphatic rings. The molecule has 1 aliphatic heterocycles. The summed E-state index contributed by atoms with van der Waals surface area (Å²) in [6.45, 7) is 8.64. The van der Waals surface area contributed by atoms with Crippen molar-refractivity contribution in [1.82, 2.24) is 24.5 Å². The van der Waals surface area contributed by atoms with E-state index in [4.69, 9.17) is 0 Å². The van der Waals surface area contributed by atoms with Gasteiger partial charge in [-0.1, -0.05) is 39.0 Å². The molecule has 4 rings (SSSR count). The second-order valence-electron chi connectivity index (χ2n) is 9.00. The molecule has 1 aromatic carbocycles. The van der Waals surface area contributed by atoms with Crippen molar-refractivity contribution in [1.29, 1.82) is 0 Å². The maximum atomic E-state index is 12.4. The number of rotatable bonds is 5. The fraction of sp³-hybridized carbons (Fsp3) is 0.435. The van der Waals surface area contributed by atoms with Gasteiger partial charge in [-0.3, -0.25) is 9.69 Å². The molecule has 0 atom stereocenters. The van der Waals surface area contributed by atoms with Crippen LogP contribution in [-0.4, -0.2) is 43.5 Å². The Morgan fingerprint density at radius 2 is 1.83 bits per heavy atom. The van der Waals surface area contributed by atoms with E-state index in [-0.39, 0.29) is 5.91 Å². The standard InChI is InChI=1S/C23H30N6O/c1-23(2,3)22(30)26-21-9-12-24-29(21)20-10-13-27(14-11-20)16-18-15-25-28(17-18)19-7-5-4-6-8-19/h4-9,12,15,17,20H,10-11,13-14,16H2,1-3H3,(H,26,30). The van der Waals surface area contributed by atoms with Crippen LogP contribution in [0.4, 0.5) is 5.82 Å².